The molecule has 1 aliphatic rings. The first-order chi connectivity index (χ1) is 6.34. The first kappa shape index (κ1) is 8.56. The number of aromatic nitrogens is 2. The molecular weight excluding hydrogens is 166 g/mol. The number of aryl methyl sites for hydroxylation is 1. The van der Waals surface area contributed by atoms with Crippen LogP contribution in [0, 0.1) is 0 Å². The predicted molar refractivity (Wildman–Crippen MR) is 50.2 cm³/mol. The zero-order chi connectivity index (χ0) is 9.10. The van der Waals surface area contributed by atoms with Crippen molar-refractivity contribution in [3.05, 3.63) is 12.4 Å². The fourth-order valence-electron chi connectivity index (χ4n) is 1.65. The Hall–Kier alpha value is -1.03. The van der Waals surface area contributed by atoms with Crippen LogP contribution in [0.2, 0.25) is 0 Å². The van der Waals surface area contributed by atoms with Gasteiger partial charge < -0.3 is 10.5 Å². The molecule has 0 spiro atoms. The van der Waals surface area contributed by atoms with Crippen LogP contribution in [0.5, 0.6) is 0 Å². The van der Waals surface area contributed by atoms with Gasteiger partial charge in [0.2, 0.25) is 0 Å². The highest BCUT2D eigenvalue weighted by Crippen LogP contribution is 2.15. The third-order valence-corrected chi connectivity index (χ3v) is 2.36. The minimum Gasteiger partial charge on any atom is -0.396 e. The Kier molecular flexibility index (Phi) is 2.49. The second-order valence-electron chi connectivity index (χ2n) is 3.46. The van der Waals surface area contributed by atoms with Crippen molar-refractivity contribution in [2.75, 3.05) is 12.3 Å². The Morgan fingerprint density at radius 1 is 1.69 bits per heavy atom. The summed E-state index contributed by atoms with van der Waals surface area (Å²) in [6.45, 7) is 1.83. The van der Waals surface area contributed by atoms with Crippen LogP contribution in [0.1, 0.15) is 19.3 Å². The summed E-state index contributed by atoms with van der Waals surface area (Å²) in [6, 6.07) is 0. The van der Waals surface area contributed by atoms with Gasteiger partial charge in [-0.2, -0.15) is 5.10 Å². The van der Waals surface area contributed by atoms with Crippen molar-refractivity contribution in [2.45, 2.75) is 31.9 Å². The SMILES string of the molecule is Nc1cnn(CCC2CCCO2)c1. The second kappa shape index (κ2) is 3.79. The van der Waals surface area contributed by atoms with Gasteiger partial charge in [0.15, 0.2) is 0 Å². The van der Waals surface area contributed by atoms with Gasteiger partial charge in [-0.15, -0.1) is 0 Å². The maximum absolute atomic E-state index is 5.55. The summed E-state index contributed by atoms with van der Waals surface area (Å²) >= 11 is 0. The lowest BCUT2D eigenvalue weighted by molar-refractivity contribution is 0.0994. The van der Waals surface area contributed by atoms with Crippen LogP contribution in [0.15, 0.2) is 12.4 Å². The molecule has 72 valence electrons. The molecule has 13 heavy (non-hydrogen) atoms. The zero-order valence-corrected chi connectivity index (χ0v) is 7.65. The third-order valence-electron chi connectivity index (χ3n) is 2.36. The van der Waals surface area contributed by atoms with Gasteiger partial charge in [-0.3, -0.25) is 4.68 Å². The van der Waals surface area contributed by atoms with Crippen LogP contribution in [-0.2, 0) is 11.3 Å². The number of ether oxygens (including phenoxy) is 1. The molecule has 0 bridgehead atoms. The summed E-state index contributed by atoms with van der Waals surface area (Å²) in [6.07, 6.45) is 7.40. The van der Waals surface area contributed by atoms with E-state index in [1.54, 1.807) is 6.20 Å². The number of rotatable bonds is 3. The van der Waals surface area contributed by atoms with E-state index in [1.807, 2.05) is 10.9 Å². The largest absolute Gasteiger partial charge is 0.396 e. The van der Waals surface area contributed by atoms with E-state index in [2.05, 4.69) is 5.10 Å². The van der Waals surface area contributed by atoms with Gasteiger partial charge in [-0.1, -0.05) is 0 Å². The molecule has 0 radical (unpaired) electrons. The van der Waals surface area contributed by atoms with E-state index in [4.69, 9.17) is 10.5 Å². The first-order valence-electron chi connectivity index (χ1n) is 4.74. The molecule has 1 aromatic rings. The lowest BCUT2D eigenvalue weighted by Gasteiger charge is -2.08. The minimum atomic E-state index is 0.436. The summed E-state index contributed by atoms with van der Waals surface area (Å²) < 4.78 is 7.38. The maximum atomic E-state index is 5.55. The van der Waals surface area contributed by atoms with Gasteiger partial charge >= 0.3 is 0 Å². The number of nitrogens with two attached hydrogens (primary N) is 1. The van der Waals surface area contributed by atoms with Crippen LogP contribution in [0.25, 0.3) is 0 Å². The van der Waals surface area contributed by atoms with E-state index >= 15 is 0 Å². The highest BCUT2D eigenvalue weighted by molar-refractivity contribution is 5.30. The summed E-state index contributed by atoms with van der Waals surface area (Å²) in [5.74, 6) is 0. The van der Waals surface area contributed by atoms with Crippen molar-refractivity contribution in [3.8, 4) is 0 Å². The van der Waals surface area contributed by atoms with Gasteiger partial charge in [0.05, 0.1) is 18.0 Å². The molecule has 2 rings (SSSR count). The van der Waals surface area contributed by atoms with Gasteiger partial charge in [-0.05, 0) is 19.3 Å². The lowest BCUT2D eigenvalue weighted by atomic mass is 10.2. The van der Waals surface area contributed by atoms with Crippen LogP contribution >= 0.6 is 0 Å². The third kappa shape index (κ3) is 2.21. The van der Waals surface area contributed by atoms with Crippen LogP contribution in [0.3, 0.4) is 0 Å². The van der Waals surface area contributed by atoms with Gasteiger partial charge in [0.1, 0.15) is 0 Å². The van der Waals surface area contributed by atoms with Crippen molar-refractivity contribution >= 4 is 5.69 Å². The molecule has 0 aliphatic carbocycles. The fraction of sp³-hybridized carbons (Fsp3) is 0.667. The smallest absolute Gasteiger partial charge is 0.0719 e. The topological polar surface area (TPSA) is 53.1 Å². The van der Waals surface area contributed by atoms with Crippen molar-refractivity contribution in [2.24, 2.45) is 0 Å². The Morgan fingerprint density at radius 3 is 3.23 bits per heavy atom. The average molecular weight is 181 g/mol. The number of nitrogen functional groups attached to an aromatic ring is 1. The minimum absolute atomic E-state index is 0.436. The van der Waals surface area contributed by atoms with E-state index in [0.717, 1.165) is 25.3 Å². The van der Waals surface area contributed by atoms with Gasteiger partial charge in [0, 0.05) is 19.3 Å². The Bertz CT molecular complexity index is 266. The van der Waals surface area contributed by atoms with E-state index in [1.165, 1.54) is 12.8 Å². The highest BCUT2D eigenvalue weighted by atomic mass is 16.5. The molecule has 0 aromatic carbocycles. The maximum Gasteiger partial charge on any atom is 0.0719 e. The predicted octanol–water partition coefficient (Wildman–Crippen LogP) is 1.03. The molecule has 1 fully saturated rings. The van der Waals surface area contributed by atoms with Crippen LogP contribution < -0.4 is 5.73 Å². The molecule has 4 nitrogen and oxygen atoms in total. The molecular formula is C9H15N3O. The second-order valence-corrected chi connectivity index (χ2v) is 3.46. The van der Waals surface area contributed by atoms with E-state index < -0.39 is 0 Å². The standard InChI is InChI=1S/C9H15N3O/c10-8-6-11-12(7-8)4-3-9-2-1-5-13-9/h6-7,9H,1-5,10H2. The highest BCUT2D eigenvalue weighted by Gasteiger charge is 2.14. The summed E-state index contributed by atoms with van der Waals surface area (Å²) in [7, 11) is 0. The van der Waals surface area contributed by atoms with Gasteiger partial charge in [0.25, 0.3) is 0 Å². The summed E-state index contributed by atoms with van der Waals surface area (Å²) in [5.41, 5.74) is 6.28. The van der Waals surface area contributed by atoms with Gasteiger partial charge in [-0.25, -0.2) is 0 Å². The average Bonchev–Trinajstić information content (AvgIpc) is 2.71. The molecule has 1 aliphatic heterocycles. The molecule has 0 amide bonds. The van der Waals surface area contributed by atoms with Crippen LogP contribution in [0.4, 0.5) is 5.69 Å². The number of hydrogen-bond donors (Lipinski definition) is 1. The van der Waals surface area contributed by atoms with Crippen LogP contribution in [-0.4, -0.2) is 22.5 Å². The molecule has 1 unspecified atom stereocenters. The molecule has 2 N–H and O–H groups in total. The molecule has 1 atom stereocenters. The Balaban J connectivity index is 1.78. The molecule has 1 saturated heterocycles. The monoisotopic (exact) mass is 181 g/mol. The summed E-state index contributed by atoms with van der Waals surface area (Å²) in [5, 5.41) is 4.11. The normalized spacial score (nSPS) is 22.3. The van der Waals surface area contributed by atoms with E-state index in [0.29, 0.717) is 6.10 Å². The van der Waals surface area contributed by atoms with E-state index in [9.17, 15) is 0 Å². The van der Waals surface area contributed by atoms with Crippen molar-refractivity contribution in [1.82, 2.24) is 9.78 Å². The molecule has 4 heteroatoms. The number of anilines is 1. The van der Waals surface area contributed by atoms with Crippen molar-refractivity contribution in [3.63, 3.8) is 0 Å². The van der Waals surface area contributed by atoms with Crippen molar-refractivity contribution in [1.29, 1.82) is 0 Å². The molecule has 1 aromatic heterocycles. The Labute approximate surface area is 77.7 Å². The zero-order valence-electron chi connectivity index (χ0n) is 7.65. The molecule has 0 saturated carbocycles. The quantitative estimate of drug-likeness (QED) is 0.757. The van der Waals surface area contributed by atoms with Crippen molar-refractivity contribution < 1.29 is 4.74 Å². The fourth-order valence-corrected chi connectivity index (χ4v) is 1.65. The lowest BCUT2D eigenvalue weighted by Crippen LogP contribution is -2.10. The molecule has 2 heterocycles. The Morgan fingerprint density at radius 2 is 2.62 bits per heavy atom. The number of nitrogens with zero attached hydrogens (tertiary/aromatic N) is 2. The van der Waals surface area contributed by atoms with E-state index in [-0.39, 0.29) is 0 Å². The number of hydrogen-bond acceptors (Lipinski definition) is 3. The first-order valence-corrected chi connectivity index (χ1v) is 4.74. The summed E-state index contributed by atoms with van der Waals surface area (Å²) in [4.78, 5) is 0.